The zero-order valence-electron chi connectivity index (χ0n) is 7.86. The lowest BCUT2D eigenvalue weighted by Crippen LogP contribution is -2.22. The molecule has 6 heteroatoms. The van der Waals surface area contributed by atoms with Gasteiger partial charge in [-0.15, -0.1) is 0 Å². The van der Waals surface area contributed by atoms with Crippen molar-refractivity contribution >= 4 is 20.8 Å². The number of carbonyl (C=O) groups is 2. The Balaban J connectivity index is 2.14. The number of hydrogen-bond acceptors (Lipinski definition) is 4. The Morgan fingerprint density at radius 3 is 3.07 bits per heavy atom. The highest BCUT2D eigenvalue weighted by Gasteiger charge is 2.32. The second kappa shape index (κ2) is 4.55. The van der Waals surface area contributed by atoms with E-state index in [1.165, 1.54) is 6.26 Å². The van der Waals surface area contributed by atoms with E-state index in [9.17, 15) is 9.59 Å². The van der Waals surface area contributed by atoms with Gasteiger partial charge in [-0.1, -0.05) is 6.08 Å². The normalized spacial score (nSPS) is 28.0. The first-order chi connectivity index (χ1) is 7.27. The van der Waals surface area contributed by atoms with Crippen molar-refractivity contribution in [3.8, 4) is 0 Å². The van der Waals surface area contributed by atoms with Crippen molar-refractivity contribution in [3.05, 3.63) is 24.0 Å². The summed E-state index contributed by atoms with van der Waals surface area (Å²) in [7, 11) is -0.0195. The molecule has 0 radical (unpaired) electrons. The molecule has 0 saturated carbocycles. The predicted molar refractivity (Wildman–Crippen MR) is 53.8 cm³/mol. The fourth-order valence-corrected chi connectivity index (χ4v) is 1.84. The maximum absolute atomic E-state index is 11.4. The zero-order chi connectivity index (χ0) is 10.7. The third kappa shape index (κ3) is 2.43. The Morgan fingerprint density at radius 2 is 2.33 bits per heavy atom. The van der Waals surface area contributed by atoms with E-state index in [0.29, 0.717) is 6.61 Å². The van der Waals surface area contributed by atoms with Crippen LogP contribution in [0.25, 0.3) is 0 Å². The summed E-state index contributed by atoms with van der Waals surface area (Å²) in [6.07, 6.45) is 5.20. The van der Waals surface area contributed by atoms with Gasteiger partial charge < -0.3 is 9.05 Å². The molecule has 80 valence electrons. The van der Waals surface area contributed by atoms with Crippen LogP contribution >= 0.6 is 9.03 Å². The van der Waals surface area contributed by atoms with Crippen molar-refractivity contribution in [2.24, 2.45) is 5.92 Å². The summed E-state index contributed by atoms with van der Waals surface area (Å²) in [6.45, 7) is 0.399. The second-order valence-electron chi connectivity index (χ2n) is 3.19. The van der Waals surface area contributed by atoms with Crippen LogP contribution in [-0.4, -0.2) is 18.4 Å². The Kier molecular flexibility index (Phi) is 3.14. The van der Waals surface area contributed by atoms with Crippen LogP contribution in [0.15, 0.2) is 24.0 Å². The number of rotatable bonds is 1. The van der Waals surface area contributed by atoms with Crippen LogP contribution in [0.1, 0.15) is 6.42 Å². The third-order valence-corrected chi connectivity index (χ3v) is 2.73. The number of hydrogen-bond donors (Lipinski definition) is 1. The Bertz CT molecular complexity index is 350. The third-order valence-electron chi connectivity index (χ3n) is 2.21. The topological polar surface area (TPSA) is 64.6 Å². The van der Waals surface area contributed by atoms with Crippen molar-refractivity contribution in [1.29, 1.82) is 0 Å². The molecule has 1 fully saturated rings. The summed E-state index contributed by atoms with van der Waals surface area (Å²) in [5.74, 6) is -0.883. The molecule has 1 N–H and O–H groups in total. The molecule has 0 aromatic heterocycles. The first-order valence-electron chi connectivity index (χ1n) is 4.50. The zero-order valence-corrected chi connectivity index (χ0v) is 8.86. The molecule has 1 saturated heterocycles. The predicted octanol–water partition coefficient (Wildman–Crippen LogP) is 0.645. The van der Waals surface area contributed by atoms with Crippen LogP contribution in [0.3, 0.4) is 0 Å². The second-order valence-corrected chi connectivity index (χ2v) is 3.88. The SMILES string of the molecule is O=C1CC(C2=CCOPOC=C2)C(=O)N1. The van der Waals surface area contributed by atoms with Gasteiger partial charge in [-0.2, -0.15) is 0 Å². The van der Waals surface area contributed by atoms with Crippen LogP contribution in [-0.2, 0) is 18.6 Å². The van der Waals surface area contributed by atoms with Crippen LogP contribution in [0.5, 0.6) is 0 Å². The molecule has 2 rings (SSSR count). The van der Waals surface area contributed by atoms with E-state index in [1.807, 2.05) is 0 Å². The van der Waals surface area contributed by atoms with Crippen molar-refractivity contribution < 1.29 is 18.6 Å². The van der Waals surface area contributed by atoms with E-state index in [2.05, 4.69) is 5.32 Å². The molecule has 0 aromatic carbocycles. The maximum atomic E-state index is 11.4. The summed E-state index contributed by atoms with van der Waals surface area (Å²) in [6, 6.07) is 0. The number of carbonyl (C=O) groups excluding carboxylic acids is 2. The molecule has 5 nitrogen and oxygen atoms in total. The van der Waals surface area contributed by atoms with Gasteiger partial charge in [0.2, 0.25) is 20.8 Å². The molecule has 2 amide bonds. The van der Waals surface area contributed by atoms with Gasteiger partial charge in [0.25, 0.3) is 0 Å². The van der Waals surface area contributed by atoms with E-state index >= 15 is 0 Å². The summed E-state index contributed by atoms with van der Waals surface area (Å²) in [5.41, 5.74) is 0.767. The van der Waals surface area contributed by atoms with Crippen LogP contribution in [0.2, 0.25) is 0 Å². The molecular weight excluding hydrogens is 217 g/mol. The number of amides is 2. The maximum Gasteiger partial charge on any atom is 0.234 e. The van der Waals surface area contributed by atoms with Gasteiger partial charge in [0.05, 0.1) is 18.8 Å². The van der Waals surface area contributed by atoms with Crippen molar-refractivity contribution in [3.63, 3.8) is 0 Å². The molecule has 0 bridgehead atoms. The van der Waals surface area contributed by atoms with Gasteiger partial charge >= 0.3 is 0 Å². The Hall–Kier alpha value is -1.19. The highest BCUT2D eigenvalue weighted by molar-refractivity contribution is 7.26. The van der Waals surface area contributed by atoms with E-state index < -0.39 is 5.92 Å². The van der Waals surface area contributed by atoms with Crippen LogP contribution in [0.4, 0.5) is 0 Å². The van der Waals surface area contributed by atoms with Gasteiger partial charge in [-0.05, 0) is 11.6 Å². The standard InChI is InChI=1S/C9H10NO4P/c11-8-5-7(9(12)10-8)6-1-3-13-15-14-4-2-6/h1-3,7,15H,4-5H2,(H,10,11,12). The number of allylic oxidation sites excluding steroid dienone is 1. The van der Waals surface area contributed by atoms with Crippen molar-refractivity contribution in [1.82, 2.24) is 5.32 Å². The summed E-state index contributed by atoms with van der Waals surface area (Å²) < 4.78 is 10.1. The average Bonchev–Trinajstić information content (AvgIpc) is 2.45. The minimum Gasteiger partial charge on any atom is -0.457 e. The lowest BCUT2D eigenvalue weighted by atomic mass is 9.97. The highest BCUT2D eigenvalue weighted by Crippen LogP contribution is 2.25. The molecule has 0 spiro atoms. The molecular formula is C9H10NO4P. The van der Waals surface area contributed by atoms with E-state index in [1.54, 1.807) is 12.2 Å². The monoisotopic (exact) mass is 227 g/mol. The van der Waals surface area contributed by atoms with Gasteiger partial charge in [0.1, 0.15) is 0 Å². The van der Waals surface area contributed by atoms with Gasteiger partial charge in [-0.25, -0.2) is 0 Å². The van der Waals surface area contributed by atoms with Crippen LogP contribution in [0, 0.1) is 5.92 Å². The van der Waals surface area contributed by atoms with E-state index in [4.69, 9.17) is 9.05 Å². The number of nitrogens with one attached hydrogen (secondary N) is 1. The van der Waals surface area contributed by atoms with Gasteiger partial charge in [0, 0.05) is 6.42 Å². The molecule has 2 unspecified atom stereocenters. The smallest absolute Gasteiger partial charge is 0.234 e. The molecule has 2 atom stereocenters. The molecule has 2 heterocycles. The first kappa shape index (κ1) is 10.3. The fraction of sp³-hybridized carbons (Fsp3) is 0.333. The summed E-state index contributed by atoms with van der Waals surface area (Å²) in [4.78, 5) is 22.4. The van der Waals surface area contributed by atoms with Gasteiger partial charge in [0.15, 0.2) is 0 Å². The van der Waals surface area contributed by atoms with Crippen LogP contribution < -0.4 is 5.32 Å². The molecule has 2 aliphatic heterocycles. The molecule has 15 heavy (non-hydrogen) atoms. The molecule has 0 aliphatic carbocycles. The highest BCUT2D eigenvalue weighted by atomic mass is 31.1. The molecule has 2 aliphatic rings. The Morgan fingerprint density at radius 1 is 1.47 bits per heavy atom. The fourth-order valence-electron chi connectivity index (χ4n) is 1.50. The minimum absolute atomic E-state index is 0.0195. The van der Waals surface area contributed by atoms with E-state index in [0.717, 1.165) is 5.57 Å². The summed E-state index contributed by atoms with van der Waals surface area (Å²) in [5, 5.41) is 2.27. The molecule has 0 aromatic rings. The summed E-state index contributed by atoms with van der Waals surface area (Å²) >= 11 is 0. The average molecular weight is 227 g/mol. The quantitative estimate of drug-likeness (QED) is 0.527. The first-order valence-corrected chi connectivity index (χ1v) is 5.32. The minimum atomic E-state index is -0.401. The van der Waals surface area contributed by atoms with Crippen molar-refractivity contribution in [2.45, 2.75) is 6.42 Å². The van der Waals surface area contributed by atoms with Crippen molar-refractivity contribution in [2.75, 3.05) is 6.61 Å². The number of imide groups is 1. The van der Waals surface area contributed by atoms with E-state index in [-0.39, 0.29) is 27.3 Å². The Labute approximate surface area is 88.5 Å². The largest absolute Gasteiger partial charge is 0.457 e. The lowest BCUT2D eigenvalue weighted by molar-refractivity contribution is -0.125. The lowest BCUT2D eigenvalue weighted by Gasteiger charge is -2.10. The van der Waals surface area contributed by atoms with Gasteiger partial charge in [-0.3, -0.25) is 14.9 Å².